The molecule has 5 nitrogen and oxygen atoms in total. The maximum Gasteiger partial charge on any atom is 0.252 e. The van der Waals surface area contributed by atoms with Crippen LogP contribution in [0.3, 0.4) is 0 Å². The molecule has 19 heavy (non-hydrogen) atoms. The second-order valence-electron chi connectivity index (χ2n) is 4.07. The number of primary amides is 1. The summed E-state index contributed by atoms with van der Waals surface area (Å²) < 4.78 is 0. The van der Waals surface area contributed by atoms with Gasteiger partial charge in [0.05, 0.1) is 11.7 Å². The summed E-state index contributed by atoms with van der Waals surface area (Å²) >= 11 is 0. The molecule has 1 heterocycles. The SMILES string of the molecule is NC(=O)c1cccnc1NCC(O)c1ccccc1. The Morgan fingerprint density at radius 2 is 2.00 bits per heavy atom. The number of nitrogens with one attached hydrogen (secondary N) is 1. The first-order valence-electron chi connectivity index (χ1n) is 5.90. The fraction of sp³-hybridized carbons (Fsp3) is 0.143. The summed E-state index contributed by atoms with van der Waals surface area (Å²) in [6.07, 6.45) is 0.882. The Bertz CT molecular complexity index is 558. The van der Waals surface area contributed by atoms with Crippen molar-refractivity contribution in [1.82, 2.24) is 4.98 Å². The van der Waals surface area contributed by atoms with E-state index in [1.54, 1.807) is 18.3 Å². The molecule has 0 spiro atoms. The highest BCUT2D eigenvalue weighted by Crippen LogP contribution is 2.15. The van der Waals surface area contributed by atoms with E-state index in [0.717, 1.165) is 5.56 Å². The van der Waals surface area contributed by atoms with Crippen LogP contribution in [-0.2, 0) is 0 Å². The van der Waals surface area contributed by atoms with E-state index >= 15 is 0 Å². The maximum atomic E-state index is 11.2. The number of carbonyl (C=O) groups excluding carboxylic acids is 1. The number of aromatic nitrogens is 1. The van der Waals surface area contributed by atoms with Crippen molar-refractivity contribution in [3.05, 3.63) is 59.8 Å². The Hall–Kier alpha value is -2.40. The molecule has 1 atom stereocenters. The minimum atomic E-state index is -0.677. The molecular weight excluding hydrogens is 242 g/mol. The number of rotatable bonds is 5. The van der Waals surface area contributed by atoms with Gasteiger partial charge in [-0.05, 0) is 17.7 Å². The molecule has 0 aliphatic carbocycles. The molecule has 1 aromatic heterocycles. The Kier molecular flexibility index (Phi) is 4.10. The molecule has 0 aliphatic heterocycles. The van der Waals surface area contributed by atoms with Gasteiger partial charge in [-0.15, -0.1) is 0 Å². The zero-order valence-electron chi connectivity index (χ0n) is 10.3. The van der Waals surface area contributed by atoms with Gasteiger partial charge in [0, 0.05) is 12.7 Å². The van der Waals surface area contributed by atoms with E-state index in [-0.39, 0.29) is 6.54 Å². The van der Waals surface area contributed by atoms with Crippen LogP contribution >= 0.6 is 0 Å². The number of nitrogens with zero attached hydrogens (tertiary/aromatic N) is 1. The van der Waals surface area contributed by atoms with Crippen LogP contribution in [0.4, 0.5) is 5.82 Å². The number of amides is 1. The lowest BCUT2D eigenvalue weighted by atomic mass is 10.1. The molecule has 98 valence electrons. The third-order valence-corrected chi connectivity index (χ3v) is 2.72. The van der Waals surface area contributed by atoms with Gasteiger partial charge in [-0.1, -0.05) is 30.3 Å². The van der Waals surface area contributed by atoms with E-state index in [1.807, 2.05) is 30.3 Å². The molecule has 5 heteroatoms. The Balaban J connectivity index is 2.05. The average molecular weight is 257 g/mol. The predicted molar refractivity (Wildman–Crippen MR) is 72.6 cm³/mol. The van der Waals surface area contributed by atoms with Crippen LogP contribution < -0.4 is 11.1 Å². The summed E-state index contributed by atoms with van der Waals surface area (Å²) in [5.41, 5.74) is 6.36. The zero-order valence-corrected chi connectivity index (χ0v) is 10.3. The molecule has 2 aromatic rings. The molecule has 0 radical (unpaired) electrons. The molecule has 0 saturated heterocycles. The normalized spacial score (nSPS) is 11.8. The van der Waals surface area contributed by atoms with Crippen molar-refractivity contribution in [3.8, 4) is 0 Å². The van der Waals surface area contributed by atoms with E-state index < -0.39 is 12.0 Å². The predicted octanol–water partition coefficient (Wildman–Crippen LogP) is 1.33. The third kappa shape index (κ3) is 3.29. The molecule has 4 N–H and O–H groups in total. The van der Waals surface area contributed by atoms with E-state index in [4.69, 9.17) is 5.73 Å². The topological polar surface area (TPSA) is 88.2 Å². The lowest BCUT2D eigenvalue weighted by Crippen LogP contribution is -2.18. The second kappa shape index (κ2) is 5.97. The van der Waals surface area contributed by atoms with Crippen LogP contribution in [-0.4, -0.2) is 22.5 Å². The number of carbonyl (C=O) groups is 1. The van der Waals surface area contributed by atoms with Gasteiger partial charge >= 0.3 is 0 Å². The molecule has 0 aliphatic rings. The van der Waals surface area contributed by atoms with Crippen molar-refractivity contribution < 1.29 is 9.90 Å². The number of aliphatic hydroxyl groups excluding tert-OH is 1. The number of aliphatic hydroxyl groups is 1. The van der Waals surface area contributed by atoms with Crippen LogP contribution in [0.5, 0.6) is 0 Å². The lowest BCUT2D eigenvalue weighted by Gasteiger charge is -2.13. The van der Waals surface area contributed by atoms with Crippen molar-refractivity contribution in [2.24, 2.45) is 5.73 Å². The first kappa shape index (κ1) is 13.0. The third-order valence-electron chi connectivity index (χ3n) is 2.72. The van der Waals surface area contributed by atoms with Crippen molar-refractivity contribution in [2.75, 3.05) is 11.9 Å². The summed E-state index contributed by atoms with van der Waals surface area (Å²) in [6, 6.07) is 12.5. The van der Waals surface area contributed by atoms with E-state index in [0.29, 0.717) is 11.4 Å². The Morgan fingerprint density at radius 1 is 1.26 bits per heavy atom. The number of anilines is 1. The molecule has 0 fully saturated rings. The number of pyridine rings is 1. The van der Waals surface area contributed by atoms with Gasteiger partial charge in [0.15, 0.2) is 0 Å². The van der Waals surface area contributed by atoms with Gasteiger partial charge < -0.3 is 16.2 Å². The van der Waals surface area contributed by atoms with Crippen LogP contribution in [0, 0.1) is 0 Å². The number of benzene rings is 1. The standard InChI is InChI=1S/C14H15N3O2/c15-13(19)11-7-4-8-16-14(11)17-9-12(18)10-5-2-1-3-6-10/h1-8,12,18H,9H2,(H2,15,19)(H,16,17). The van der Waals surface area contributed by atoms with Gasteiger partial charge in [-0.2, -0.15) is 0 Å². The van der Waals surface area contributed by atoms with E-state index in [1.165, 1.54) is 0 Å². The van der Waals surface area contributed by atoms with Crippen LogP contribution in [0.25, 0.3) is 0 Å². The summed E-state index contributed by atoms with van der Waals surface area (Å²) in [4.78, 5) is 15.3. The van der Waals surface area contributed by atoms with Crippen molar-refractivity contribution in [1.29, 1.82) is 0 Å². The van der Waals surface area contributed by atoms with Crippen molar-refractivity contribution >= 4 is 11.7 Å². The lowest BCUT2D eigenvalue weighted by molar-refractivity contribution is 0.100. The maximum absolute atomic E-state index is 11.2. The van der Waals surface area contributed by atoms with Crippen molar-refractivity contribution in [2.45, 2.75) is 6.10 Å². The highest BCUT2D eigenvalue weighted by atomic mass is 16.3. The van der Waals surface area contributed by atoms with Gasteiger partial charge in [-0.25, -0.2) is 4.98 Å². The molecule has 1 unspecified atom stereocenters. The van der Waals surface area contributed by atoms with Crippen LogP contribution in [0.15, 0.2) is 48.7 Å². The number of nitrogens with two attached hydrogens (primary N) is 1. The average Bonchev–Trinajstić information content (AvgIpc) is 2.46. The van der Waals surface area contributed by atoms with Gasteiger partial charge in [0.2, 0.25) is 0 Å². The minimum absolute atomic E-state index is 0.251. The van der Waals surface area contributed by atoms with Crippen molar-refractivity contribution in [3.63, 3.8) is 0 Å². The second-order valence-corrected chi connectivity index (χ2v) is 4.07. The van der Waals surface area contributed by atoms with E-state index in [9.17, 15) is 9.90 Å². The number of hydrogen-bond donors (Lipinski definition) is 3. The molecular formula is C14H15N3O2. The number of hydrogen-bond acceptors (Lipinski definition) is 4. The Morgan fingerprint density at radius 3 is 2.68 bits per heavy atom. The first-order valence-corrected chi connectivity index (χ1v) is 5.90. The monoisotopic (exact) mass is 257 g/mol. The van der Waals surface area contributed by atoms with Crippen LogP contribution in [0.2, 0.25) is 0 Å². The highest BCUT2D eigenvalue weighted by molar-refractivity contribution is 5.97. The van der Waals surface area contributed by atoms with Gasteiger partial charge in [0.25, 0.3) is 5.91 Å². The summed E-state index contributed by atoms with van der Waals surface area (Å²) in [6.45, 7) is 0.251. The molecule has 0 saturated carbocycles. The molecule has 1 amide bonds. The smallest absolute Gasteiger partial charge is 0.252 e. The molecule has 0 bridgehead atoms. The molecule has 1 aromatic carbocycles. The largest absolute Gasteiger partial charge is 0.387 e. The Labute approximate surface area is 111 Å². The zero-order chi connectivity index (χ0) is 13.7. The highest BCUT2D eigenvalue weighted by Gasteiger charge is 2.11. The quantitative estimate of drug-likeness (QED) is 0.754. The fourth-order valence-corrected chi connectivity index (χ4v) is 1.73. The van der Waals surface area contributed by atoms with E-state index in [2.05, 4.69) is 10.3 Å². The van der Waals surface area contributed by atoms with Gasteiger partial charge in [0.1, 0.15) is 5.82 Å². The summed E-state index contributed by atoms with van der Waals surface area (Å²) in [5.74, 6) is -0.171. The first-order chi connectivity index (χ1) is 9.18. The fourth-order valence-electron chi connectivity index (χ4n) is 1.73. The van der Waals surface area contributed by atoms with Gasteiger partial charge in [-0.3, -0.25) is 4.79 Å². The van der Waals surface area contributed by atoms with Crippen LogP contribution in [0.1, 0.15) is 22.0 Å². The summed E-state index contributed by atoms with van der Waals surface area (Å²) in [5, 5.41) is 12.9. The summed E-state index contributed by atoms with van der Waals surface area (Å²) in [7, 11) is 0. The minimum Gasteiger partial charge on any atom is -0.387 e. The molecule has 2 rings (SSSR count).